The molecule has 0 bridgehead atoms. The first-order valence-electron chi connectivity index (χ1n) is 8.66. The molecular weight excluding hydrogens is 381 g/mol. The Kier molecular flexibility index (Phi) is 6.16. The molecule has 0 spiro atoms. The number of rotatable bonds is 7. The average molecular weight is 400 g/mol. The number of carbonyl (C=O) groups is 1. The second-order valence-corrected chi connectivity index (χ2v) is 6.76. The van der Waals surface area contributed by atoms with Crippen LogP contribution < -0.4 is 10.1 Å². The fourth-order valence-corrected chi connectivity index (χ4v) is 2.92. The van der Waals surface area contributed by atoms with Gasteiger partial charge < -0.3 is 15.2 Å². The normalized spacial score (nSPS) is 10.5. The van der Waals surface area contributed by atoms with Gasteiger partial charge in [0.1, 0.15) is 18.2 Å². The Bertz CT molecular complexity index is 990. The molecule has 0 unspecified atom stereocenters. The first kappa shape index (κ1) is 19.7. The Hall–Kier alpha value is -3.05. The number of carboxylic acid groups (broad SMARTS) is 1. The highest BCUT2D eigenvalue weighted by Gasteiger charge is 2.06. The summed E-state index contributed by atoms with van der Waals surface area (Å²) in [5.74, 6) is -0.628. The van der Waals surface area contributed by atoms with Crippen molar-refractivity contribution < 1.29 is 19.0 Å². The number of aryl methyl sites for hydroxylation is 1. The molecule has 0 aliphatic heterocycles. The molecule has 0 saturated carbocycles. The molecule has 144 valence electrons. The van der Waals surface area contributed by atoms with Crippen LogP contribution in [0.15, 0.2) is 60.7 Å². The zero-order valence-corrected chi connectivity index (χ0v) is 16.0. The molecule has 0 saturated heterocycles. The molecule has 3 rings (SSSR count). The first-order chi connectivity index (χ1) is 13.4. The monoisotopic (exact) mass is 399 g/mol. The molecule has 3 aromatic carbocycles. The van der Waals surface area contributed by atoms with Gasteiger partial charge in [-0.2, -0.15) is 0 Å². The molecule has 4 nitrogen and oxygen atoms in total. The van der Waals surface area contributed by atoms with Crippen LogP contribution in [0.1, 0.15) is 27.0 Å². The molecule has 28 heavy (non-hydrogen) atoms. The fourth-order valence-electron chi connectivity index (χ4n) is 2.70. The number of benzene rings is 3. The van der Waals surface area contributed by atoms with Crippen LogP contribution in [0.2, 0.25) is 5.02 Å². The van der Waals surface area contributed by atoms with Crippen LogP contribution in [0, 0.1) is 12.7 Å². The van der Waals surface area contributed by atoms with Gasteiger partial charge in [0.15, 0.2) is 0 Å². The van der Waals surface area contributed by atoms with Gasteiger partial charge in [-0.15, -0.1) is 0 Å². The maximum atomic E-state index is 13.1. The van der Waals surface area contributed by atoms with Gasteiger partial charge in [-0.25, -0.2) is 9.18 Å². The molecule has 6 heteroatoms. The second kappa shape index (κ2) is 8.76. The number of hydrogen-bond donors (Lipinski definition) is 2. The lowest BCUT2D eigenvalue weighted by atomic mass is 10.1. The van der Waals surface area contributed by atoms with E-state index in [1.807, 2.05) is 31.2 Å². The molecule has 3 aromatic rings. The van der Waals surface area contributed by atoms with Crippen molar-refractivity contribution in [1.82, 2.24) is 0 Å². The van der Waals surface area contributed by atoms with Gasteiger partial charge in [0.25, 0.3) is 0 Å². The van der Waals surface area contributed by atoms with Gasteiger partial charge in [0.05, 0.1) is 10.6 Å². The lowest BCUT2D eigenvalue weighted by molar-refractivity contribution is 0.0697. The van der Waals surface area contributed by atoms with E-state index in [9.17, 15) is 9.18 Å². The smallest absolute Gasteiger partial charge is 0.335 e. The average Bonchev–Trinajstić information content (AvgIpc) is 2.67. The van der Waals surface area contributed by atoms with Crippen LogP contribution in [0.3, 0.4) is 0 Å². The summed E-state index contributed by atoms with van der Waals surface area (Å²) in [4.78, 5) is 11.0. The minimum Gasteiger partial charge on any atom is -0.489 e. The molecule has 0 radical (unpaired) electrons. The number of aromatic carboxylic acids is 1. The Morgan fingerprint density at radius 3 is 2.50 bits per heavy atom. The molecule has 0 fully saturated rings. The molecule has 2 N–H and O–H groups in total. The minimum atomic E-state index is -0.938. The standard InChI is InChI=1S/C22H19ClFNO3/c1-14-10-16(22(26)27)5-9-21(14)25-12-15-2-7-19(8-3-15)28-13-17-4-6-18(24)11-20(17)23/h2-11,25H,12-13H2,1H3,(H,26,27). The molecule has 0 aliphatic carbocycles. The molecule has 0 aromatic heterocycles. The van der Waals surface area contributed by atoms with Crippen LogP contribution in [-0.4, -0.2) is 11.1 Å². The predicted octanol–water partition coefficient (Wildman–Crippen LogP) is 5.68. The molecule has 0 atom stereocenters. The highest BCUT2D eigenvalue weighted by molar-refractivity contribution is 6.31. The summed E-state index contributed by atoms with van der Waals surface area (Å²) in [6, 6.07) is 16.8. The summed E-state index contributed by atoms with van der Waals surface area (Å²) < 4.78 is 18.8. The number of hydrogen-bond acceptors (Lipinski definition) is 3. The van der Waals surface area contributed by atoms with E-state index >= 15 is 0 Å². The Balaban J connectivity index is 1.56. The number of nitrogens with one attached hydrogen (secondary N) is 1. The van der Waals surface area contributed by atoms with Crippen molar-refractivity contribution in [2.75, 3.05) is 5.32 Å². The van der Waals surface area contributed by atoms with Gasteiger partial charge in [0.2, 0.25) is 0 Å². The summed E-state index contributed by atoms with van der Waals surface area (Å²) in [6.07, 6.45) is 0. The zero-order chi connectivity index (χ0) is 20.1. The molecule has 0 heterocycles. The van der Waals surface area contributed by atoms with Crippen molar-refractivity contribution >= 4 is 23.3 Å². The van der Waals surface area contributed by atoms with Gasteiger partial charge in [-0.3, -0.25) is 0 Å². The minimum absolute atomic E-state index is 0.256. The van der Waals surface area contributed by atoms with Crippen molar-refractivity contribution in [2.45, 2.75) is 20.1 Å². The van der Waals surface area contributed by atoms with Crippen LogP contribution in [0.25, 0.3) is 0 Å². The van der Waals surface area contributed by atoms with E-state index in [1.54, 1.807) is 24.3 Å². The van der Waals surface area contributed by atoms with Gasteiger partial charge >= 0.3 is 5.97 Å². The van der Waals surface area contributed by atoms with E-state index < -0.39 is 5.97 Å². The summed E-state index contributed by atoms with van der Waals surface area (Å²) in [5.41, 5.74) is 3.79. The first-order valence-corrected chi connectivity index (χ1v) is 9.03. The van der Waals surface area contributed by atoms with Crippen LogP contribution in [0.5, 0.6) is 5.75 Å². The lowest BCUT2D eigenvalue weighted by Crippen LogP contribution is -2.03. The van der Waals surface area contributed by atoms with Crippen LogP contribution >= 0.6 is 11.6 Å². The number of carboxylic acids is 1. The molecule has 0 aliphatic rings. The predicted molar refractivity (Wildman–Crippen MR) is 108 cm³/mol. The maximum Gasteiger partial charge on any atom is 0.335 e. The van der Waals surface area contributed by atoms with E-state index in [2.05, 4.69) is 5.32 Å². The third-order valence-electron chi connectivity index (χ3n) is 4.29. The van der Waals surface area contributed by atoms with Crippen LogP contribution in [-0.2, 0) is 13.2 Å². The summed E-state index contributed by atoms with van der Waals surface area (Å²) in [7, 11) is 0. The molecule has 0 amide bonds. The third kappa shape index (κ3) is 5.02. The third-order valence-corrected chi connectivity index (χ3v) is 4.64. The highest BCUT2D eigenvalue weighted by atomic mass is 35.5. The number of halogens is 2. The van der Waals surface area contributed by atoms with E-state index in [-0.39, 0.29) is 18.0 Å². The summed E-state index contributed by atoms with van der Waals surface area (Å²) >= 11 is 6.00. The largest absolute Gasteiger partial charge is 0.489 e. The quantitative estimate of drug-likeness (QED) is 0.536. The summed E-state index contributed by atoms with van der Waals surface area (Å²) in [6.45, 7) is 2.72. The highest BCUT2D eigenvalue weighted by Crippen LogP contribution is 2.21. The van der Waals surface area contributed by atoms with Crippen molar-refractivity contribution in [3.63, 3.8) is 0 Å². The van der Waals surface area contributed by atoms with Crippen molar-refractivity contribution in [3.8, 4) is 5.75 Å². The van der Waals surface area contributed by atoms with E-state index in [0.717, 1.165) is 16.8 Å². The van der Waals surface area contributed by atoms with E-state index in [4.69, 9.17) is 21.4 Å². The second-order valence-electron chi connectivity index (χ2n) is 6.36. The van der Waals surface area contributed by atoms with Gasteiger partial charge in [-0.1, -0.05) is 29.8 Å². The number of anilines is 1. The van der Waals surface area contributed by atoms with Crippen molar-refractivity contribution in [3.05, 3.63) is 93.8 Å². The Labute approximate surface area is 167 Å². The fraction of sp³-hybridized carbons (Fsp3) is 0.136. The number of ether oxygens (including phenoxy) is 1. The summed E-state index contributed by atoms with van der Waals surface area (Å²) in [5, 5.41) is 12.7. The maximum absolute atomic E-state index is 13.1. The Morgan fingerprint density at radius 1 is 1.11 bits per heavy atom. The molecular formula is C22H19ClFNO3. The van der Waals surface area contributed by atoms with Gasteiger partial charge in [-0.05, 0) is 60.5 Å². The van der Waals surface area contributed by atoms with Crippen molar-refractivity contribution in [2.24, 2.45) is 0 Å². The topological polar surface area (TPSA) is 58.6 Å². The van der Waals surface area contributed by atoms with Crippen LogP contribution in [0.4, 0.5) is 10.1 Å². The SMILES string of the molecule is Cc1cc(C(=O)O)ccc1NCc1ccc(OCc2ccc(F)cc2Cl)cc1. The Morgan fingerprint density at radius 2 is 1.86 bits per heavy atom. The lowest BCUT2D eigenvalue weighted by Gasteiger charge is -2.11. The van der Waals surface area contributed by atoms with E-state index in [0.29, 0.717) is 22.9 Å². The zero-order valence-electron chi connectivity index (χ0n) is 15.2. The van der Waals surface area contributed by atoms with E-state index in [1.165, 1.54) is 12.1 Å². The van der Waals surface area contributed by atoms with Crippen molar-refractivity contribution in [1.29, 1.82) is 0 Å². The van der Waals surface area contributed by atoms with Gasteiger partial charge in [0, 0.05) is 17.8 Å².